The Morgan fingerprint density at radius 2 is 2.31 bits per heavy atom. The number of terminal acetylenes is 1. The van der Waals surface area contributed by atoms with Crippen molar-refractivity contribution >= 4 is 0 Å². The lowest BCUT2D eigenvalue weighted by Gasteiger charge is -2.21. The maximum absolute atomic E-state index is 5.25. The van der Waals surface area contributed by atoms with Crippen LogP contribution >= 0.6 is 0 Å². The molecule has 1 atom stereocenters. The van der Waals surface area contributed by atoms with Gasteiger partial charge in [-0.25, -0.2) is 0 Å². The first-order chi connectivity index (χ1) is 6.33. The van der Waals surface area contributed by atoms with Crippen molar-refractivity contribution in [3.8, 4) is 12.3 Å². The third-order valence-corrected chi connectivity index (χ3v) is 2.56. The first-order valence-corrected chi connectivity index (χ1v) is 5.18. The molecule has 0 aliphatic carbocycles. The highest BCUT2D eigenvalue weighted by Gasteiger charge is 2.12. The van der Waals surface area contributed by atoms with E-state index in [1.54, 1.807) is 0 Å². The van der Waals surface area contributed by atoms with Crippen LogP contribution in [-0.4, -0.2) is 37.6 Å². The zero-order chi connectivity index (χ0) is 9.52. The fourth-order valence-corrected chi connectivity index (χ4v) is 1.85. The third-order valence-electron chi connectivity index (χ3n) is 2.56. The van der Waals surface area contributed by atoms with Gasteiger partial charge in [-0.1, -0.05) is 18.8 Å². The van der Waals surface area contributed by atoms with Gasteiger partial charge in [0, 0.05) is 12.6 Å². The minimum atomic E-state index is 0.654. The maximum Gasteiger partial charge on any atom is 0.0596 e. The van der Waals surface area contributed by atoms with Crippen LogP contribution in [0, 0.1) is 12.3 Å². The molecule has 1 fully saturated rings. The summed E-state index contributed by atoms with van der Waals surface area (Å²) in [6.45, 7) is 3.02. The van der Waals surface area contributed by atoms with Crippen LogP contribution in [0.15, 0.2) is 0 Å². The molecule has 0 amide bonds. The Labute approximate surface area is 81.7 Å². The van der Waals surface area contributed by atoms with Gasteiger partial charge in [0.15, 0.2) is 0 Å². The number of hydrogen-bond acceptors (Lipinski definition) is 2. The van der Waals surface area contributed by atoms with E-state index in [4.69, 9.17) is 6.42 Å². The lowest BCUT2D eigenvalue weighted by Crippen LogP contribution is -2.39. The van der Waals surface area contributed by atoms with Gasteiger partial charge in [-0.3, -0.25) is 4.90 Å². The van der Waals surface area contributed by atoms with Crippen LogP contribution in [0.1, 0.15) is 25.7 Å². The molecule has 1 saturated heterocycles. The van der Waals surface area contributed by atoms with Crippen molar-refractivity contribution < 1.29 is 0 Å². The van der Waals surface area contributed by atoms with Crippen LogP contribution in [-0.2, 0) is 0 Å². The molecular weight excluding hydrogens is 160 g/mol. The van der Waals surface area contributed by atoms with Gasteiger partial charge in [-0.15, -0.1) is 6.42 Å². The molecule has 0 spiro atoms. The van der Waals surface area contributed by atoms with Gasteiger partial charge in [0.25, 0.3) is 0 Å². The minimum absolute atomic E-state index is 0.654. The average Bonchev–Trinajstić information content (AvgIpc) is 2.33. The van der Waals surface area contributed by atoms with E-state index in [0.717, 1.165) is 13.1 Å². The normalized spacial score (nSPS) is 23.9. The van der Waals surface area contributed by atoms with Gasteiger partial charge in [0.05, 0.1) is 6.54 Å². The van der Waals surface area contributed by atoms with Crippen molar-refractivity contribution in [3.63, 3.8) is 0 Å². The highest BCUT2D eigenvalue weighted by molar-refractivity contribution is 4.88. The molecule has 0 radical (unpaired) electrons. The van der Waals surface area contributed by atoms with Gasteiger partial charge in [0.2, 0.25) is 0 Å². The molecule has 0 aromatic rings. The SMILES string of the molecule is C#CCN(C)CC1CCCCCN1. The molecular formula is C11H20N2. The molecule has 13 heavy (non-hydrogen) atoms. The summed E-state index contributed by atoms with van der Waals surface area (Å²) in [4.78, 5) is 2.21. The Morgan fingerprint density at radius 1 is 1.46 bits per heavy atom. The molecule has 74 valence electrons. The van der Waals surface area contributed by atoms with Gasteiger partial charge >= 0.3 is 0 Å². The second-order valence-corrected chi connectivity index (χ2v) is 3.90. The number of rotatable bonds is 3. The predicted octanol–water partition coefficient (Wildman–Crippen LogP) is 1.08. The van der Waals surface area contributed by atoms with E-state index in [-0.39, 0.29) is 0 Å². The third kappa shape index (κ3) is 4.31. The second kappa shape index (κ2) is 6.01. The summed E-state index contributed by atoms with van der Waals surface area (Å²) in [5, 5.41) is 3.56. The van der Waals surface area contributed by atoms with E-state index in [9.17, 15) is 0 Å². The molecule has 1 unspecified atom stereocenters. The van der Waals surface area contributed by atoms with E-state index in [1.807, 2.05) is 0 Å². The van der Waals surface area contributed by atoms with Crippen molar-refractivity contribution in [2.24, 2.45) is 0 Å². The van der Waals surface area contributed by atoms with Crippen LogP contribution < -0.4 is 5.32 Å². The summed E-state index contributed by atoms with van der Waals surface area (Å²) in [5.41, 5.74) is 0. The van der Waals surface area contributed by atoms with E-state index in [1.165, 1.54) is 32.2 Å². The smallest absolute Gasteiger partial charge is 0.0596 e. The van der Waals surface area contributed by atoms with Crippen LogP contribution in [0.5, 0.6) is 0 Å². The zero-order valence-electron chi connectivity index (χ0n) is 8.55. The van der Waals surface area contributed by atoms with Gasteiger partial charge in [-0.05, 0) is 26.4 Å². The molecule has 1 heterocycles. The first kappa shape index (κ1) is 10.6. The Bertz CT molecular complexity index is 163. The highest BCUT2D eigenvalue weighted by atomic mass is 15.1. The van der Waals surface area contributed by atoms with Crippen molar-refractivity contribution in [3.05, 3.63) is 0 Å². The molecule has 1 aliphatic heterocycles. The Hall–Kier alpha value is -0.520. The van der Waals surface area contributed by atoms with Crippen molar-refractivity contribution in [1.29, 1.82) is 0 Å². The van der Waals surface area contributed by atoms with E-state index < -0.39 is 0 Å². The summed E-state index contributed by atoms with van der Waals surface area (Å²) in [6.07, 6.45) is 10.6. The summed E-state index contributed by atoms with van der Waals surface area (Å²) < 4.78 is 0. The first-order valence-electron chi connectivity index (χ1n) is 5.18. The van der Waals surface area contributed by atoms with Gasteiger partial charge in [0.1, 0.15) is 0 Å². The summed E-state index contributed by atoms with van der Waals surface area (Å²) >= 11 is 0. The van der Waals surface area contributed by atoms with Crippen LogP contribution in [0.25, 0.3) is 0 Å². The molecule has 1 aliphatic rings. The standard InChI is InChI=1S/C11H20N2/c1-3-9-13(2)10-11-7-5-4-6-8-12-11/h1,11-12H,4-10H2,2H3. The molecule has 1 N–H and O–H groups in total. The molecule has 0 saturated carbocycles. The molecule has 2 heteroatoms. The number of nitrogens with one attached hydrogen (secondary N) is 1. The summed E-state index contributed by atoms with van der Waals surface area (Å²) in [5.74, 6) is 2.67. The quantitative estimate of drug-likeness (QED) is 0.654. The Balaban J connectivity index is 2.22. The monoisotopic (exact) mass is 180 g/mol. The van der Waals surface area contributed by atoms with Crippen LogP contribution in [0.2, 0.25) is 0 Å². The van der Waals surface area contributed by atoms with Gasteiger partial charge in [-0.2, -0.15) is 0 Å². The van der Waals surface area contributed by atoms with E-state index in [0.29, 0.717) is 6.04 Å². The highest BCUT2D eigenvalue weighted by Crippen LogP contribution is 2.08. The zero-order valence-corrected chi connectivity index (χ0v) is 8.55. The lowest BCUT2D eigenvalue weighted by atomic mass is 10.1. The molecule has 1 rings (SSSR count). The summed E-state index contributed by atoms with van der Waals surface area (Å²) in [6, 6.07) is 0.654. The van der Waals surface area contributed by atoms with Gasteiger partial charge < -0.3 is 5.32 Å². The van der Waals surface area contributed by atoms with Crippen LogP contribution in [0.3, 0.4) is 0 Å². The topological polar surface area (TPSA) is 15.3 Å². The van der Waals surface area contributed by atoms with Crippen molar-refractivity contribution in [2.45, 2.75) is 31.7 Å². The number of hydrogen-bond donors (Lipinski definition) is 1. The van der Waals surface area contributed by atoms with Crippen LogP contribution in [0.4, 0.5) is 0 Å². The fourth-order valence-electron chi connectivity index (χ4n) is 1.85. The molecule has 2 nitrogen and oxygen atoms in total. The molecule has 0 aromatic carbocycles. The summed E-state index contributed by atoms with van der Waals surface area (Å²) in [7, 11) is 2.09. The maximum atomic E-state index is 5.25. The average molecular weight is 180 g/mol. The number of likely N-dealkylation sites (N-methyl/N-ethyl adjacent to an activating group) is 1. The minimum Gasteiger partial charge on any atom is -0.313 e. The predicted molar refractivity (Wildman–Crippen MR) is 56.6 cm³/mol. The Kier molecular flexibility index (Phi) is 4.88. The molecule has 0 bridgehead atoms. The second-order valence-electron chi connectivity index (χ2n) is 3.90. The fraction of sp³-hybridized carbons (Fsp3) is 0.818. The van der Waals surface area contributed by atoms with E-state index in [2.05, 4.69) is 23.2 Å². The molecule has 0 aromatic heterocycles. The van der Waals surface area contributed by atoms with Crippen molar-refractivity contribution in [2.75, 3.05) is 26.7 Å². The van der Waals surface area contributed by atoms with E-state index >= 15 is 0 Å². The van der Waals surface area contributed by atoms with Crippen molar-refractivity contribution in [1.82, 2.24) is 10.2 Å². The lowest BCUT2D eigenvalue weighted by molar-refractivity contribution is 0.313. The Morgan fingerprint density at radius 3 is 3.08 bits per heavy atom. The number of nitrogens with zero attached hydrogens (tertiary/aromatic N) is 1. The largest absolute Gasteiger partial charge is 0.313 e.